The topological polar surface area (TPSA) is 95.1 Å². The van der Waals surface area contributed by atoms with Gasteiger partial charge in [-0.25, -0.2) is 0 Å². The van der Waals surface area contributed by atoms with Crippen LogP contribution in [0.15, 0.2) is 29.1 Å². The number of nitrogens with one attached hydrogen (secondary N) is 2. The van der Waals surface area contributed by atoms with Crippen LogP contribution in [0.3, 0.4) is 0 Å². The highest BCUT2D eigenvalue weighted by Crippen LogP contribution is 2.18. The molecule has 0 radical (unpaired) electrons. The fourth-order valence-corrected chi connectivity index (χ4v) is 2.57. The molecular formula is C14H15N3O3. The number of benzene rings is 1. The fourth-order valence-electron chi connectivity index (χ4n) is 2.57. The highest BCUT2D eigenvalue weighted by Gasteiger charge is 2.28. The van der Waals surface area contributed by atoms with Gasteiger partial charge < -0.3 is 10.4 Å². The van der Waals surface area contributed by atoms with Crippen molar-refractivity contribution in [3.05, 3.63) is 40.2 Å². The van der Waals surface area contributed by atoms with E-state index in [4.69, 9.17) is 0 Å². The number of aromatic amines is 1. The zero-order valence-electron chi connectivity index (χ0n) is 10.8. The lowest BCUT2D eigenvalue weighted by Gasteiger charge is -2.15. The number of rotatable bonds is 2. The Labute approximate surface area is 114 Å². The summed E-state index contributed by atoms with van der Waals surface area (Å²) in [5.41, 5.74) is 0.0297. The number of para-hydroxylation sites is 1. The molecule has 6 heteroatoms. The summed E-state index contributed by atoms with van der Waals surface area (Å²) in [4.78, 5) is 24.3. The molecule has 1 aliphatic carbocycles. The summed E-state index contributed by atoms with van der Waals surface area (Å²) in [6.07, 6.45) is 1.72. The second kappa shape index (κ2) is 5.05. The van der Waals surface area contributed by atoms with Crippen LogP contribution in [0.25, 0.3) is 10.9 Å². The van der Waals surface area contributed by atoms with Crippen LogP contribution in [0.1, 0.15) is 29.8 Å². The summed E-state index contributed by atoms with van der Waals surface area (Å²) in [5, 5.41) is 19.4. The Kier molecular flexibility index (Phi) is 3.23. The van der Waals surface area contributed by atoms with E-state index in [1.165, 1.54) is 0 Å². The van der Waals surface area contributed by atoms with Crippen LogP contribution in [0, 0.1) is 0 Å². The van der Waals surface area contributed by atoms with Crippen molar-refractivity contribution in [1.29, 1.82) is 0 Å². The molecule has 1 amide bonds. The van der Waals surface area contributed by atoms with Gasteiger partial charge in [0.2, 0.25) is 5.43 Å². The largest absolute Gasteiger partial charge is 0.391 e. The Morgan fingerprint density at radius 3 is 2.90 bits per heavy atom. The molecule has 0 spiro atoms. The minimum atomic E-state index is -0.543. The number of aliphatic hydroxyl groups is 1. The number of aliphatic hydroxyl groups excluding tert-OH is 1. The molecule has 3 N–H and O–H groups in total. The van der Waals surface area contributed by atoms with Crippen molar-refractivity contribution in [1.82, 2.24) is 15.5 Å². The first-order valence-electron chi connectivity index (χ1n) is 6.63. The molecule has 104 valence electrons. The molecule has 1 aromatic carbocycles. The summed E-state index contributed by atoms with van der Waals surface area (Å²) in [6.45, 7) is 0. The number of carbonyl (C=O) groups is 1. The molecule has 1 unspecified atom stereocenters. The highest BCUT2D eigenvalue weighted by atomic mass is 16.3. The highest BCUT2D eigenvalue weighted by molar-refractivity contribution is 5.95. The van der Waals surface area contributed by atoms with Crippen LogP contribution < -0.4 is 10.7 Å². The standard InChI is InChI=1S/C14H15N3O3/c18-11-7-3-6-10(11)15-14(20)12-13(19)8-4-1-2-5-9(8)16-17-12/h1-2,4-5,10-11,18H,3,6-7H2,(H,15,20)(H,16,19)/t10-,11?/m0/s1. The van der Waals surface area contributed by atoms with Crippen molar-refractivity contribution < 1.29 is 9.90 Å². The minimum Gasteiger partial charge on any atom is -0.391 e. The van der Waals surface area contributed by atoms with E-state index in [2.05, 4.69) is 15.5 Å². The third kappa shape index (κ3) is 2.18. The second-order valence-corrected chi connectivity index (χ2v) is 5.03. The molecule has 6 nitrogen and oxygen atoms in total. The van der Waals surface area contributed by atoms with E-state index in [-0.39, 0.29) is 11.7 Å². The first-order chi connectivity index (χ1) is 9.66. The van der Waals surface area contributed by atoms with E-state index in [1.807, 2.05) is 0 Å². The molecule has 1 aliphatic rings. The monoisotopic (exact) mass is 273 g/mol. The van der Waals surface area contributed by atoms with Gasteiger partial charge in [-0.2, -0.15) is 5.10 Å². The fraction of sp³-hybridized carbons (Fsp3) is 0.357. The number of nitrogens with zero attached hydrogens (tertiary/aromatic N) is 1. The number of aromatic nitrogens is 2. The molecule has 1 saturated carbocycles. The number of H-pyrrole nitrogens is 1. The number of fused-ring (bicyclic) bond motifs is 1. The zero-order valence-corrected chi connectivity index (χ0v) is 10.8. The SMILES string of the molecule is O=C(N[C@H]1CCCC1O)c1n[nH]c2ccccc2c1=O. The first kappa shape index (κ1) is 12.8. The van der Waals surface area contributed by atoms with Crippen LogP contribution in [0.5, 0.6) is 0 Å². The molecule has 2 aromatic rings. The summed E-state index contributed by atoms with van der Waals surface area (Å²) in [6, 6.07) is 6.60. The maximum Gasteiger partial charge on any atom is 0.276 e. The van der Waals surface area contributed by atoms with Crippen molar-refractivity contribution in [3.63, 3.8) is 0 Å². The summed E-state index contributed by atoms with van der Waals surface area (Å²) >= 11 is 0. The third-order valence-corrected chi connectivity index (χ3v) is 3.69. The maximum atomic E-state index is 12.2. The molecule has 0 saturated heterocycles. The third-order valence-electron chi connectivity index (χ3n) is 3.69. The van der Waals surface area contributed by atoms with Gasteiger partial charge in [0, 0.05) is 5.39 Å². The molecule has 3 rings (SSSR count). The average Bonchev–Trinajstić information content (AvgIpc) is 2.85. The number of amides is 1. The van der Waals surface area contributed by atoms with Gasteiger partial charge in [-0.15, -0.1) is 0 Å². The predicted octanol–water partition coefficient (Wildman–Crippen LogP) is 0.566. The van der Waals surface area contributed by atoms with Crippen molar-refractivity contribution in [2.75, 3.05) is 0 Å². The number of carbonyl (C=O) groups excluding carboxylic acids is 1. The summed E-state index contributed by atoms with van der Waals surface area (Å²) in [7, 11) is 0. The number of hydrogen-bond donors (Lipinski definition) is 3. The lowest BCUT2D eigenvalue weighted by atomic mass is 10.1. The van der Waals surface area contributed by atoms with Gasteiger partial charge in [0.05, 0.1) is 17.7 Å². The van der Waals surface area contributed by atoms with Gasteiger partial charge in [-0.3, -0.25) is 14.7 Å². The van der Waals surface area contributed by atoms with E-state index < -0.39 is 17.4 Å². The molecule has 0 bridgehead atoms. The van der Waals surface area contributed by atoms with Crippen LogP contribution in [-0.2, 0) is 0 Å². The Hall–Kier alpha value is -2.21. The molecule has 1 aromatic heterocycles. The maximum absolute atomic E-state index is 12.2. The molecule has 0 aliphatic heterocycles. The smallest absolute Gasteiger partial charge is 0.276 e. The molecular weight excluding hydrogens is 258 g/mol. The van der Waals surface area contributed by atoms with Crippen molar-refractivity contribution >= 4 is 16.8 Å². The van der Waals surface area contributed by atoms with E-state index in [0.717, 1.165) is 12.8 Å². The Morgan fingerprint density at radius 2 is 2.15 bits per heavy atom. The van der Waals surface area contributed by atoms with Crippen molar-refractivity contribution in [3.8, 4) is 0 Å². The Bertz CT molecular complexity index is 710. The predicted molar refractivity (Wildman–Crippen MR) is 73.5 cm³/mol. The van der Waals surface area contributed by atoms with E-state index >= 15 is 0 Å². The number of hydrogen-bond acceptors (Lipinski definition) is 4. The van der Waals surface area contributed by atoms with Crippen LogP contribution in [0.4, 0.5) is 0 Å². The van der Waals surface area contributed by atoms with Crippen LogP contribution in [-0.4, -0.2) is 33.4 Å². The Morgan fingerprint density at radius 1 is 1.35 bits per heavy atom. The summed E-state index contributed by atoms with van der Waals surface area (Å²) < 4.78 is 0. The van der Waals surface area contributed by atoms with Gasteiger partial charge in [-0.05, 0) is 31.4 Å². The summed E-state index contributed by atoms with van der Waals surface area (Å²) in [5.74, 6) is -0.539. The molecule has 1 fully saturated rings. The quantitative estimate of drug-likeness (QED) is 0.745. The van der Waals surface area contributed by atoms with Crippen LogP contribution >= 0.6 is 0 Å². The van der Waals surface area contributed by atoms with Crippen molar-refractivity contribution in [2.24, 2.45) is 0 Å². The van der Waals surface area contributed by atoms with Gasteiger partial charge in [0.1, 0.15) is 0 Å². The molecule has 2 atom stereocenters. The lowest BCUT2D eigenvalue weighted by molar-refractivity contribution is 0.0866. The second-order valence-electron chi connectivity index (χ2n) is 5.03. The van der Waals surface area contributed by atoms with Crippen LogP contribution in [0.2, 0.25) is 0 Å². The minimum absolute atomic E-state index is 0.164. The first-order valence-corrected chi connectivity index (χ1v) is 6.63. The Balaban J connectivity index is 1.92. The normalized spacial score (nSPS) is 22.1. The van der Waals surface area contributed by atoms with Gasteiger partial charge in [0.15, 0.2) is 5.69 Å². The molecule has 1 heterocycles. The van der Waals surface area contributed by atoms with E-state index in [1.54, 1.807) is 24.3 Å². The lowest BCUT2D eigenvalue weighted by Crippen LogP contribution is -2.42. The van der Waals surface area contributed by atoms with E-state index in [9.17, 15) is 14.7 Å². The van der Waals surface area contributed by atoms with Crippen molar-refractivity contribution in [2.45, 2.75) is 31.4 Å². The molecule has 20 heavy (non-hydrogen) atoms. The van der Waals surface area contributed by atoms with Gasteiger partial charge >= 0.3 is 0 Å². The zero-order chi connectivity index (χ0) is 14.1. The van der Waals surface area contributed by atoms with Gasteiger partial charge in [0.25, 0.3) is 5.91 Å². The average molecular weight is 273 g/mol. The van der Waals surface area contributed by atoms with Gasteiger partial charge in [-0.1, -0.05) is 12.1 Å². The van der Waals surface area contributed by atoms with E-state index in [0.29, 0.717) is 17.3 Å².